The quantitative estimate of drug-likeness (QED) is 0.786. The molecule has 0 unspecified atom stereocenters. The number of carbonyl (C=O) groups excluding carboxylic acids is 1. The first-order valence-electron chi connectivity index (χ1n) is 6.72. The van der Waals surface area contributed by atoms with Crippen LogP contribution in [0.5, 0.6) is 0 Å². The molecule has 1 fully saturated rings. The number of fused-ring (bicyclic) bond motifs is 1. The Morgan fingerprint density at radius 2 is 2.00 bits per heavy atom. The molecule has 2 aromatic rings. The van der Waals surface area contributed by atoms with Gasteiger partial charge in [0.2, 0.25) is 5.78 Å². The lowest BCUT2D eigenvalue weighted by Gasteiger charge is -2.19. The predicted octanol–water partition coefficient (Wildman–Crippen LogP) is 1.42. The summed E-state index contributed by atoms with van der Waals surface area (Å²) in [5, 5.41) is 1.05. The number of carbonyl (C=O) groups is 1. The maximum Gasteiger partial charge on any atom is 0.221 e. The molecule has 0 aliphatic carbocycles. The Morgan fingerprint density at radius 1 is 1.28 bits per heavy atom. The fourth-order valence-corrected chi connectivity index (χ4v) is 2.96. The third-order valence-corrected chi connectivity index (χ3v) is 4.11. The highest BCUT2D eigenvalue weighted by atomic mass is 16.1. The normalized spacial score (nSPS) is 18.3. The van der Waals surface area contributed by atoms with E-state index < -0.39 is 0 Å². The Labute approximate surface area is 107 Å². The van der Waals surface area contributed by atoms with Crippen molar-refractivity contribution < 1.29 is 9.69 Å². The fourth-order valence-electron chi connectivity index (χ4n) is 2.96. The van der Waals surface area contributed by atoms with E-state index in [4.69, 9.17) is 0 Å². The van der Waals surface area contributed by atoms with Crippen LogP contribution in [-0.2, 0) is 0 Å². The number of hydrogen-bond donors (Lipinski definition) is 2. The number of aromatic nitrogens is 1. The van der Waals surface area contributed by atoms with E-state index in [1.165, 1.54) is 17.7 Å². The summed E-state index contributed by atoms with van der Waals surface area (Å²) >= 11 is 0. The van der Waals surface area contributed by atoms with Gasteiger partial charge in [-0.25, -0.2) is 0 Å². The molecule has 0 bridgehead atoms. The van der Waals surface area contributed by atoms with Gasteiger partial charge < -0.3 is 9.88 Å². The zero-order valence-electron chi connectivity index (χ0n) is 10.7. The van der Waals surface area contributed by atoms with Crippen molar-refractivity contribution in [3.05, 3.63) is 36.0 Å². The minimum absolute atomic E-state index is 0.0757. The van der Waals surface area contributed by atoms with Gasteiger partial charge in [-0.05, 0) is 13.0 Å². The van der Waals surface area contributed by atoms with Gasteiger partial charge >= 0.3 is 0 Å². The summed E-state index contributed by atoms with van der Waals surface area (Å²) in [6.07, 6.45) is 4.36. The number of nitrogens with one attached hydrogen (secondary N) is 2. The van der Waals surface area contributed by atoms with Crippen molar-refractivity contribution in [1.82, 2.24) is 4.98 Å². The second-order valence-electron chi connectivity index (χ2n) is 5.20. The second-order valence-corrected chi connectivity index (χ2v) is 5.20. The molecule has 0 radical (unpaired) electrons. The average Bonchev–Trinajstić information content (AvgIpc) is 3.06. The standard InChI is InChI=1S/C15H18N2O/c1-11(17-8-4-5-9-17)15(18)13-10-16-14-7-3-2-6-12(13)14/h2-3,6-7,10-11,16H,4-5,8-9H2,1H3/p+1/t11-/m0/s1. The number of quaternary nitrogens is 1. The summed E-state index contributed by atoms with van der Waals surface area (Å²) in [6, 6.07) is 8.08. The van der Waals surface area contributed by atoms with Crippen LogP contribution < -0.4 is 4.90 Å². The van der Waals surface area contributed by atoms with Gasteiger partial charge in [-0.1, -0.05) is 18.2 Å². The summed E-state index contributed by atoms with van der Waals surface area (Å²) in [6.45, 7) is 4.33. The lowest BCUT2D eigenvalue weighted by atomic mass is 10.0. The van der Waals surface area contributed by atoms with E-state index in [2.05, 4.69) is 11.9 Å². The third-order valence-electron chi connectivity index (χ3n) is 4.11. The van der Waals surface area contributed by atoms with Gasteiger partial charge in [-0.2, -0.15) is 0 Å². The second kappa shape index (κ2) is 4.58. The van der Waals surface area contributed by atoms with Gasteiger partial charge in [0.25, 0.3) is 0 Å². The van der Waals surface area contributed by atoms with Crippen LogP contribution in [0.25, 0.3) is 10.9 Å². The molecule has 94 valence electrons. The predicted molar refractivity (Wildman–Crippen MR) is 72.0 cm³/mol. The zero-order valence-corrected chi connectivity index (χ0v) is 10.7. The molecular weight excluding hydrogens is 224 g/mol. The summed E-state index contributed by atoms with van der Waals surface area (Å²) < 4.78 is 0. The number of hydrogen-bond acceptors (Lipinski definition) is 1. The van der Waals surface area contributed by atoms with Gasteiger partial charge in [-0.15, -0.1) is 0 Å². The highest BCUT2D eigenvalue weighted by Crippen LogP contribution is 2.18. The SMILES string of the molecule is C[C@@H](C(=O)c1c[nH]c2ccccc12)[NH+]1CCCC1. The molecule has 1 saturated heterocycles. The molecule has 3 nitrogen and oxygen atoms in total. The van der Waals surface area contributed by atoms with Crippen molar-refractivity contribution in [2.24, 2.45) is 0 Å². The van der Waals surface area contributed by atoms with E-state index in [0.717, 1.165) is 29.6 Å². The van der Waals surface area contributed by atoms with Gasteiger partial charge in [0, 0.05) is 35.5 Å². The van der Waals surface area contributed by atoms with Gasteiger partial charge in [0.1, 0.15) is 6.04 Å². The molecular formula is C15H19N2O+. The van der Waals surface area contributed by atoms with Crippen LogP contribution in [0.3, 0.4) is 0 Å². The van der Waals surface area contributed by atoms with E-state index in [-0.39, 0.29) is 11.8 Å². The Morgan fingerprint density at radius 3 is 2.78 bits per heavy atom. The summed E-state index contributed by atoms with van der Waals surface area (Å²) in [5.74, 6) is 0.268. The molecule has 18 heavy (non-hydrogen) atoms. The topological polar surface area (TPSA) is 37.3 Å². The smallest absolute Gasteiger partial charge is 0.221 e. The Kier molecular flexibility index (Phi) is 2.92. The lowest BCUT2D eigenvalue weighted by molar-refractivity contribution is -0.901. The first-order valence-corrected chi connectivity index (χ1v) is 6.72. The van der Waals surface area contributed by atoms with Crippen LogP contribution in [0.4, 0.5) is 0 Å². The Balaban J connectivity index is 1.91. The molecule has 3 heteroatoms. The first-order chi connectivity index (χ1) is 8.77. The number of H-pyrrole nitrogens is 1. The van der Waals surface area contributed by atoms with Crippen molar-refractivity contribution in [2.45, 2.75) is 25.8 Å². The molecule has 1 aliphatic rings. The van der Waals surface area contributed by atoms with E-state index >= 15 is 0 Å². The van der Waals surface area contributed by atoms with Crippen LogP contribution in [0.1, 0.15) is 30.1 Å². The summed E-state index contributed by atoms with van der Waals surface area (Å²) in [4.78, 5) is 17.2. The van der Waals surface area contributed by atoms with Crippen LogP contribution in [0.15, 0.2) is 30.5 Å². The fraction of sp³-hybridized carbons (Fsp3) is 0.400. The van der Waals surface area contributed by atoms with Gasteiger partial charge in [0.15, 0.2) is 0 Å². The molecule has 1 aromatic carbocycles. The molecule has 3 rings (SSSR count). The number of Topliss-reactive ketones (excluding diaryl/α,β-unsaturated/α-hetero) is 1. The van der Waals surface area contributed by atoms with E-state index in [0.29, 0.717) is 0 Å². The molecule has 2 N–H and O–H groups in total. The van der Waals surface area contributed by atoms with E-state index in [9.17, 15) is 4.79 Å². The van der Waals surface area contributed by atoms with Gasteiger partial charge in [-0.3, -0.25) is 4.79 Å². The monoisotopic (exact) mass is 243 g/mol. The van der Waals surface area contributed by atoms with Crippen molar-refractivity contribution in [3.8, 4) is 0 Å². The van der Waals surface area contributed by atoms with Crippen molar-refractivity contribution in [1.29, 1.82) is 0 Å². The molecule has 0 saturated carbocycles. The minimum Gasteiger partial charge on any atom is -0.360 e. The number of likely N-dealkylation sites (tertiary alicyclic amines) is 1. The maximum atomic E-state index is 12.6. The molecule has 0 spiro atoms. The lowest BCUT2D eigenvalue weighted by Crippen LogP contribution is -3.14. The Bertz CT molecular complexity index is 567. The number of aromatic amines is 1. The van der Waals surface area contributed by atoms with Crippen LogP contribution in [0, 0.1) is 0 Å². The van der Waals surface area contributed by atoms with Crippen molar-refractivity contribution in [3.63, 3.8) is 0 Å². The van der Waals surface area contributed by atoms with Crippen LogP contribution >= 0.6 is 0 Å². The van der Waals surface area contributed by atoms with Crippen molar-refractivity contribution >= 4 is 16.7 Å². The van der Waals surface area contributed by atoms with Gasteiger partial charge in [0.05, 0.1) is 13.1 Å². The largest absolute Gasteiger partial charge is 0.360 e. The molecule has 1 aliphatic heterocycles. The first kappa shape index (κ1) is 11.5. The minimum atomic E-state index is 0.0757. The number of rotatable bonds is 3. The third kappa shape index (κ3) is 1.85. The highest BCUT2D eigenvalue weighted by molar-refractivity contribution is 6.09. The molecule has 1 aromatic heterocycles. The van der Waals surface area contributed by atoms with E-state index in [1.807, 2.05) is 30.5 Å². The highest BCUT2D eigenvalue weighted by Gasteiger charge is 2.29. The zero-order chi connectivity index (χ0) is 12.5. The van der Waals surface area contributed by atoms with Crippen LogP contribution in [-0.4, -0.2) is 29.9 Å². The average molecular weight is 243 g/mol. The Hall–Kier alpha value is -1.61. The number of ketones is 1. The number of para-hydroxylation sites is 1. The van der Waals surface area contributed by atoms with Crippen LogP contribution in [0.2, 0.25) is 0 Å². The van der Waals surface area contributed by atoms with Crippen molar-refractivity contribution in [2.75, 3.05) is 13.1 Å². The molecule has 1 atom stereocenters. The number of benzene rings is 1. The summed E-state index contributed by atoms with van der Waals surface area (Å²) in [5.41, 5.74) is 1.89. The maximum absolute atomic E-state index is 12.6. The van der Waals surface area contributed by atoms with E-state index in [1.54, 1.807) is 0 Å². The summed E-state index contributed by atoms with van der Waals surface area (Å²) in [7, 11) is 0. The molecule has 2 heterocycles. The molecule has 0 amide bonds.